The van der Waals surface area contributed by atoms with E-state index in [1.54, 1.807) is 18.2 Å². The summed E-state index contributed by atoms with van der Waals surface area (Å²) in [6, 6.07) is 4.88. The fourth-order valence-corrected chi connectivity index (χ4v) is 2.52. The summed E-state index contributed by atoms with van der Waals surface area (Å²) in [6.07, 6.45) is 0.0373. The van der Waals surface area contributed by atoms with Crippen molar-refractivity contribution >= 4 is 23.3 Å². The number of Topliss-reactive ketones (excluding diaryl/α,β-unsaturated/α-hetero) is 1. The van der Waals surface area contributed by atoms with Gasteiger partial charge in [0, 0.05) is 12.6 Å². The number of carbonyl (C=O) groups excluding carboxylic acids is 3. The largest absolute Gasteiger partial charge is 0.492 e. The Morgan fingerprint density at radius 3 is 2.65 bits per heavy atom. The van der Waals surface area contributed by atoms with Crippen molar-refractivity contribution in [3.05, 3.63) is 23.8 Å². The van der Waals surface area contributed by atoms with Crippen LogP contribution >= 0.6 is 0 Å². The van der Waals surface area contributed by atoms with Crippen molar-refractivity contribution in [3.8, 4) is 5.75 Å². The Morgan fingerprint density at radius 2 is 2.00 bits per heavy atom. The lowest BCUT2D eigenvalue weighted by molar-refractivity contribution is -0.137. The number of nitrogens with one attached hydrogen (secondary N) is 1. The summed E-state index contributed by atoms with van der Waals surface area (Å²) in [5.41, 5.74) is -0.0184. The first-order valence-electron chi connectivity index (χ1n) is 6.25. The van der Waals surface area contributed by atoms with Gasteiger partial charge in [-0.1, -0.05) is 0 Å². The number of carbonyl (C=O) groups is 3. The van der Waals surface area contributed by atoms with Crippen molar-refractivity contribution in [2.75, 3.05) is 18.5 Å². The lowest BCUT2D eigenvalue weighted by Gasteiger charge is -2.30. The van der Waals surface area contributed by atoms with Gasteiger partial charge < -0.3 is 14.8 Å². The third-order valence-electron chi connectivity index (χ3n) is 3.52. The monoisotopic (exact) mass is 275 g/mol. The van der Waals surface area contributed by atoms with Gasteiger partial charge in [-0.15, -0.1) is 0 Å². The van der Waals surface area contributed by atoms with Crippen molar-refractivity contribution < 1.29 is 23.9 Å². The summed E-state index contributed by atoms with van der Waals surface area (Å²) >= 11 is 0. The number of cyclic esters (lactones) is 1. The van der Waals surface area contributed by atoms with E-state index in [2.05, 4.69) is 5.32 Å². The zero-order valence-electron chi connectivity index (χ0n) is 10.9. The number of amides is 1. The molecule has 2 heterocycles. The van der Waals surface area contributed by atoms with Crippen molar-refractivity contribution in [3.63, 3.8) is 0 Å². The molecular weight excluding hydrogens is 262 g/mol. The molecular formula is C14H13NO5. The minimum atomic E-state index is -0.918. The summed E-state index contributed by atoms with van der Waals surface area (Å²) in [6.45, 7) is 1.58. The van der Waals surface area contributed by atoms with E-state index >= 15 is 0 Å². The van der Waals surface area contributed by atoms with E-state index in [1.807, 2.05) is 0 Å². The van der Waals surface area contributed by atoms with Gasteiger partial charge in [0.25, 0.3) is 0 Å². The normalized spacial score (nSPS) is 24.1. The van der Waals surface area contributed by atoms with Gasteiger partial charge in [-0.2, -0.15) is 0 Å². The van der Waals surface area contributed by atoms with Crippen LogP contribution in [-0.4, -0.2) is 30.9 Å². The molecule has 0 aromatic heterocycles. The van der Waals surface area contributed by atoms with Crippen LogP contribution in [0.25, 0.3) is 0 Å². The second-order valence-electron chi connectivity index (χ2n) is 5.13. The molecule has 20 heavy (non-hydrogen) atoms. The van der Waals surface area contributed by atoms with Gasteiger partial charge in [0.1, 0.15) is 24.4 Å². The lowest BCUT2D eigenvalue weighted by Crippen LogP contribution is -2.41. The maximum Gasteiger partial charge on any atom is 0.307 e. The molecule has 3 rings (SSSR count). The van der Waals surface area contributed by atoms with Gasteiger partial charge in [-0.3, -0.25) is 14.4 Å². The van der Waals surface area contributed by atoms with E-state index in [-0.39, 0.29) is 37.3 Å². The van der Waals surface area contributed by atoms with Crippen LogP contribution in [0.1, 0.15) is 23.7 Å². The summed E-state index contributed by atoms with van der Waals surface area (Å²) in [7, 11) is 0. The summed E-state index contributed by atoms with van der Waals surface area (Å²) in [5.74, 6) is -0.308. The minimum Gasteiger partial charge on any atom is -0.492 e. The zero-order chi connectivity index (χ0) is 14.3. The van der Waals surface area contributed by atoms with Crippen LogP contribution in [0, 0.1) is 5.41 Å². The molecule has 1 fully saturated rings. The molecule has 1 N–H and O–H groups in total. The standard InChI is InChI=1S/C14H13NO5/c1-8(16)15-9-2-3-11-10(4-9)13(18)14(6-19-11)5-12(17)20-7-14/h2-4H,5-7H2,1H3,(H,15,16). The first-order valence-corrected chi connectivity index (χ1v) is 6.25. The number of ether oxygens (including phenoxy) is 2. The Kier molecular flexibility index (Phi) is 2.74. The minimum absolute atomic E-state index is 0.0373. The maximum atomic E-state index is 12.6. The molecule has 6 heteroatoms. The highest BCUT2D eigenvalue weighted by Crippen LogP contribution is 2.41. The molecule has 1 aromatic carbocycles. The SMILES string of the molecule is CC(=O)Nc1ccc2c(c1)C(=O)C1(COC(=O)C1)CO2. The highest BCUT2D eigenvalue weighted by atomic mass is 16.5. The quantitative estimate of drug-likeness (QED) is 0.777. The smallest absolute Gasteiger partial charge is 0.307 e. The number of hydrogen-bond acceptors (Lipinski definition) is 5. The van der Waals surface area contributed by atoms with Crippen molar-refractivity contribution in [1.82, 2.24) is 0 Å². The predicted molar refractivity (Wildman–Crippen MR) is 68.6 cm³/mol. The number of rotatable bonds is 1. The van der Waals surface area contributed by atoms with E-state index in [1.165, 1.54) is 6.92 Å². The van der Waals surface area contributed by atoms with Gasteiger partial charge in [-0.05, 0) is 18.2 Å². The van der Waals surface area contributed by atoms with E-state index < -0.39 is 5.41 Å². The molecule has 1 spiro atoms. The average Bonchev–Trinajstić information content (AvgIpc) is 2.77. The summed E-state index contributed by atoms with van der Waals surface area (Å²) in [5, 5.41) is 2.62. The molecule has 0 aliphatic carbocycles. The Bertz CT molecular complexity index is 624. The molecule has 1 saturated heterocycles. The van der Waals surface area contributed by atoms with E-state index in [4.69, 9.17) is 9.47 Å². The van der Waals surface area contributed by atoms with Gasteiger partial charge in [-0.25, -0.2) is 0 Å². The highest BCUT2D eigenvalue weighted by Gasteiger charge is 2.51. The van der Waals surface area contributed by atoms with Gasteiger partial charge >= 0.3 is 5.97 Å². The van der Waals surface area contributed by atoms with Crippen LogP contribution in [0.4, 0.5) is 5.69 Å². The Hall–Kier alpha value is -2.37. The summed E-state index contributed by atoms with van der Waals surface area (Å²) < 4.78 is 10.5. The van der Waals surface area contributed by atoms with E-state index in [0.717, 1.165) is 0 Å². The average molecular weight is 275 g/mol. The second kappa shape index (κ2) is 4.33. The van der Waals surface area contributed by atoms with Crippen LogP contribution in [0.5, 0.6) is 5.75 Å². The number of anilines is 1. The molecule has 104 valence electrons. The molecule has 1 aromatic rings. The van der Waals surface area contributed by atoms with E-state index in [9.17, 15) is 14.4 Å². The van der Waals surface area contributed by atoms with Crippen molar-refractivity contribution in [2.24, 2.45) is 5.41 Å². The lowest BCUT2D eigenvalue weighted by atomic mass is 9.78. The molecule has 1 amide bonds. The van der Waals surface area contributed by atoms with Crippen LogP contribution < -0.4 is 10.1 Å². The van der Waals surface area contributed by atoms with Crippen molar-refractivity contribution in [2.45, 2.75) is 13.3 Å². The van der Waals surface area contributed by atoms with Gasteiger partial charge in [0.15, 0.2) is 5.78 Å². The predicted octanol–water partition coefficient (Wildman–Crippen LogP) is 1.15. The third-order valence-corrected chi connectivity index (χ3v) is 3.52. The molecule has 1 unspecified atom stereocenters. The Labute approximate surface area is 115 Å². The number of esters is 1. The number of fused-ring (bicyclic) bond motifs is 1. The number of ketones is 1. The molecule has 6 nitrogen and oxygen atoms in total. The maximum absolute atomic E-state index is 12.6. The van der Waals surface area contributed by atoms with Gasteiger partial charge in [0.05, 0.1) is 12.0 Å². The van der Waals surface area contributed by atoms with E-state index in [0.29, 0.717) is 17.0 Å². The van der Waals surface area contributed by atoms with Crippen molar-refractivity contribution in [1.29, 1.82) is 0 Å². The topological polar surface area (TPSA) is 81.7 Å². The van der Waals surface area contributed by atoms with Crippen LogP contribution in [-0.2, 0) is 14.3 Å². The molecule has 0 bridgehead atoms. The Balaban J connectivity index is 1.97. The zero-order valence-corrected chi connectivity index (χ0v) is 10.9. The molecule has 2 aliphatic heterocycles. The first kappa shape index (κ1) is 12.7. The van der Waals surface area contributed by atoms with Crippen LogP contribution in [0.2, 0.25) is 0 Å². The van der Waals surface area contributed by atoms with Crippen LogP contribution in [0.3, 0.4) is 0 Å². The fraction of sp³-hybridized carbons (Fsp3) is 0.357. The number of benzene rings is 1. The van der Waals surface area contributed by atoms with Crippen LogP contribution in [0.15, 0.2) is 18.2 Å². The third kappa shape index (κ3) is 1.93. The highest BCUT2D eigenvalue weighted by molar-refractivity contribution is 6.07. The fourth-order valence-electron chi connectivity index (χ4n) is 2.52. The first-order chi connectivity index (χ1) is 9.50. The molecule has 2 aliphatic rings. The number of hydrogen-bond donors (Lipinski definition) is 1. The van der Waals surface area contributed by atoms with Gasteiger partial charge in [0.2, 0.25) is 5.91 Å². The summed E-state index contributed by atoms with van der Waals surface area (Å²) in [4.78, 5) is 35.0. The molecule has 0 radical (unpaired) electrons. The molecule has 1 atom stereocenters. The Morgan fingerprint density at radius 1 is 1.25 bits per heavy atom. The molecule has 0 saturated carbocycles. The second-order valence-corrected chi connectivity index (χ2v) is 5.13.